The van der Waals surface area contributed by atoms with Gasteiger partial charge in [-0.1, -0.05) is 62.4 Å². The van der Waals surface area contributed by atoms with Crippen LogP contribution in [0.5, 0.6) is 5.75 Å². The molecule has 0 bridgehead atoms. The van der Waals surface area contributed by atoms with Crippen LogP contribution in [0.15, 0.2) is 59.5 Å². The second-order valence-corrected chi connectivity index (χ2v) is 10.2. The lowest BCUT2D eigenvalue weighted by atomic mass is 9.97. The van der Waals surface area contributed by atoms with Crippen molar-refractivity contribution in [1.82, 2.24) is 9.62 Å². The number of hydrogen-bond acceptors (Lipinski definition) is 4. The van der Waals surface area contributed by atoms with Gasteiger partial charge >= 0.3 is 0 Å². The molecule has 0 aromatic heterocycles. The molecule has 32 heavy (non-hydrogen) atoms. The van der Waals surface area contributed by atoms with Gasteiger partial charge in [0, 0.05) is 12.6 Å². The van der Waals surface area contributed by atoms with Gasteiger partial charge < -0.3 is 10.1 Å². The van der Waals surface area contributed by atoms with Gasteiger partial charge in [-0.25, -0.2) is 8.42 Å². The van der Waals surface area contributed by atoms with Gasteiger partial charge in [0.05, 0.1) is 18.0 Å². The fourth-order valence-electron chi connectivity index (χ4n) is 4.07. The van der Waals surface area contributed by atoms with Crippen LogP contribution in [0.4, 0.5) is 0 Å². The minimum absolute atomic E-state index is 0.120. The summed E-state index contributed by atoms with van der Waals surface area (Å²) >= 11 is 0. The zero-order chi connectivity index (χ0) is 22.8. The maximum Gasteiger partial charge on any atom is 0.243 e. The Kier molecular flexibility index (Phi) is 9.11. The Bertz CT molecular complexity index is 938. The first-order chi connectivity index (χ1) is 15.5. The van der Waals surface area contributed by atoms with Crippen LogP contribution < -0.4 is 10.1 Å². The van der Waals surface area contributed by atoms with E-state index in [2.05, 4.69) is 5.32 Å². The summed E-state index contributed by atoms with van der Waals surface area (Å²) in [6, 6.07) is 15.8. The summed E-state index contributed by atoms with van der Waals surface area (Å²) < 4.78 is 33.6. The summed E-state index contributed by atoms with van der Waals surface area (Å²) in [6.07, 6.45) is 7.75. The van der Waals surface area contributed by atoms with Crippen molar-refractivity contribution in [2.24, 2.45) is 0 Å². The average Bonchev–Trinajstić information content (AvgIpc) is 2.76. The molecule has 6 nitrogen and oxygen atoms in total. The van der Waals surface area contributed by atoms with Crippen molar-refractivity contribution in [3.63, 3.8) is 0 Å². The Balaban J connectivity index is 1.77. The molecule has 2 aromatic rings. The van der Waals surface area contributed by atoms with Gasteiger partial charge in [-0.05, 0) is 49.6 Å². The predicted molar refractivity (Wildman–Crippen MR) is 126 cm³/mol. The number of carbonyl (C=O) groups is 1. The van der Waals surface area contributed by atoms with Crippen LogP contribution in [0.25, 0.3) is 0 Å². The van der Waals surface area contributed by atoms with Crippen LogP contribution >= 0.6 is 0 Å². The molecule has 0 radical (unpaired) electrons. The zero-order valence-corrected chi connectivity index (χ0v) is 19.6. The van der Waals surface area contributed by atoms with Crippen molar-refractivity contribution in [2.75, 3.05) is 13.2 Å². The molecule has 1 aliphatic carbocycles. The van der Waals surface area contributed by atoms with E-state index in [1.807, 2.05) is 37.3 Å². The third-order valence-electron chi connectivity index (χ3n) is 5.76. The zero-order valence-electron chi connectivity index (χ0n) is 18.8. The second kappa shape index (κ2) is 12.0. The molecule has 3 rings (SSSR count). The lowest BCUT2D eigenvalue weighted by Gasteiger charge is -2.25. The molecular weight excluding hydrogens is 424 g/mol. The summed E-state index contributed by atoms with van der Waals surface area (Å²) in [7, 11) is -3.86. The summed E-state index contributed by atoms with van der Waals surface area (Å²) in [6.45, 7) is 2.31. The molecule has 1 saturated carbocycles. The fraction of sp³-hybridized carbons (Fsp3) is 0.480. The molecule has 0 atom stereocenters. The Morgan fingerprint density at radius 2 is 1.59 bits per heavy atom. The Hall–Kier alpha value is -2.38. The van der Waals surface area contributed by atoms with Crippen LogP contribution in [0.1, 0.15) is 57.4 Å². The highest BCUT2D eigenvalue weighted by Gasteiger charge is 2.28. The van der Waals surface area contributed by atoms with E-state index in [9.17, 15) is 13.2 Å². The van der Waals surface area contributed by atoms with Crippen LogP contribution in [0.3, 0.4) is 0 Å². The largest absolute Gasteiger partial charge is 0.494 e. The summed E-state index contributed by atoms with van der Waals surface area (Å²) in [4.78, 5) is 13.0. The molecule has 0 unspecified atom stereocenters. The van der Waals surface area contributed by atoms with Gasteiger partial charge in [0.15, 0.2) is 0 Å². The first-order valence-corrected chi connectivity index (χ1v) is 13.0. The van der Waals surface area contributed by atoms with Crippen LogP contribution in [0, 0.1) is 0 Å². The number of nitrogens with zero attached hydrogens (tertiary/aromatic N) is 1. The summed E-state index contributed by atoms with van der Waals surface area (Å²) in [5.74, 6) is 0.365. The maximum atomic E-state index is 13.4. The third kappa shape index (κ3) is 7.07. The first kappa shape index (κ1) is 24.3. The van der Waals surface area contributed by atoms with Crippen molar-refractivity contribution < 1.29 is 17.9 Å². The smallest absolute Gasteiger partial charge is 0.243 e. The minimum atomic E-state index is -3.86. The third-order valence-corrected chi connectivity index (χ3v) is 7.57. The number of carbonyl (C=O) groups excluding carboxylic acids is 1. The first-order valence-electron chi connectivity index (χ1n) is 11.6. The second-order valence-electron chi connectivity index (χ2n) is 8.27. The monoisotopic (exact) mass is 458 g/mol. The number of sulfonamides is 1. The van der Waals surface area contributed by atoms with E-state index in [-0.39, 0.29) is 29.9 Å². The van der Waals surface area contributed by atoms with Gasteiger partial charge in [0.25, 0.3) is 0 Å². The molecule has 1 fully saturated rings. The molecule has 7 heteroatoms. The Morgan fingerprint density at radius 1 is 0.969 bits per heavy atom. The van der Waals surface area contributed by atoms with Gasteiger partial charge in [-0.15, -0.1) is 0 Å². The van der Waals surface area contributed by atoms with Crippen molar-refractivity contribution in [3.05, 3.63) is 60.2 Å². The lowest BCUT2D eigenvalue weighted by Crippen LogP contribution is -2.44. The molecule has 1 N–H and O–H groups in total. The molecule has 0 heterocycles. The number of amides is 1. The van der Waals surface area contributed by atoms with Crippen molar-refractivity contribution in [2.45, 2.75) is 69.4 Å². The van der Waals surface area contributed by atoms with Crippen molar-refractivity contribution in [1.29, 1.82) is 0 Å². The lowest BCUT2D eigenvalue weighted by molar-refractivity contribution is -0.122. The van der Waals surface area contributed by atoms with E-state index in [0.717, 1.165) is 31.2 Å². The molecule has 1 aliphatic rings. The van der Waals surface area contributed by atoms with E-state index >= 15 is 0 Å². The van der Waals surface area contributed by atoms with Crippen molar-refractivity contribution >= 4 is 15.9 Å². The van der Waals surface area contributed by atoms with Gasteiger partial charge in [-0.3, -0.25) is 4.79 Å². The highest BCUT2D eigenvalue weighted by molar-refractivity contribution is 7.89. The van der Waals surface area contributed by atoms with E-state index in [0.29, 0.717) is 12.4 Å². The van der Waals surface area contributed by atoms with Gasteiger partial charge in [0.1, 0.15) is 5.75 Å². The predicted octanol–water partition coefficient (Wildman–Crippen LogP) is 4.51. The number of rotatable bonds is 9. The average molecular weight is 459 g/mol. The standard InChI is InChI=1S/C25H34N2O4S/c1-2-31-23-15-17-24(18-16-23)32(29,30)27(19-21-11-7-6-8-12-21)20-25(28)26-22-13-9-4-3-5-10-14-22/h6-8,11-12,15-18,22H,2-5,9-10,13-14,19-20H2,1H3,(H,26,28). The number of nitrogens with one attached hydrogen (secondary N) is 1. The summed E-state index contributed by atoms with van der Waals surface area (Å²) in [5, 5.41) is 3.09. The summed E-state index contributed by atoms with van der Waals surface area (Å²) in [5.41, 5.74) is 0.834. The molecular formula is C25H34N2O4S. The van der Waals surface area contributed by atoms with E-state index in [1.165, 1.54) is 35.7 Å². The normalized spacial score (nSPS) is 15.7. The van der Waals surface area contributed by atoms with Gasteiger partial charge in [-0.2, -0.15) is 4.31 Å². The Morgan fingerprint density at radius 3 is 2.22 bits per heavy atom. The van der Waals surface area contributed by atoms with E-state index in [1.54, 1.807) is 12.1 Å². The number of ether oxygens (including phenoxy) is 1. The number of benzene rings is 2. The molecule has 2 aromatic carbocycles. The van der Waals surface area contributed by atoms with Gasteiger partial charge in [0.2, 0.25) is 15.9 Å². The molecule has 1 amide bonds. The van der Waals surface area contributed by atoms with Crippen LogP contribution in [-0.2, 0) is 21.4 Å². The fourth-order valence-corrected chi connectivity index (χ4v) is 5.45. The quantitative estimate of drug-likeness (QED) is 0.600. The SMILES string of the molecule is CCOc1ccc(S(=O)(=O)N(CC(=O)NC2CCCCCCC2)Cc2ccccc2)cc1. The van der Waals surface area contributed by atoms with Crippen LogP contribution in [-0.4, -0.2) is 37.8 Å². The van der Waals surface area contributed by atoms with E-state index in [4.69, 9.17) is 4.74 Å². The topological polar surface area (TPSA) is 75.7 Å². The maximum absolute atomic E-state index is 13.4. The Labute approximate surface area is 192 Å². The van der Waals surface area contributed by atoms with Crippen molar-refractivity contribution in [3.8, 4) is 5.75 Å². The molecule has 0 saturated heterocycles. The molecule has 0 spiro atoms. The minimum Gasteiger partial charge on any atom is -0.494 e. The highest BCUT2D eigenvalue weighted by Crippen LogP contribution is 2.22. The number of hydrogen-bond donors (Lipinski definition) is 1. The molecule has 0 aliphatic heterocycles. The molecule has 174 valence electrons. The van der Waals surface area contributed by atoms with Crippen LogP contribution in [0.2, 0.25) is 0 Å². The van der Waals surface area contributed by atoms with E-state index < -0.39 is 10.0 Å². The highest BCUT2D eigenvalue weighted by atomic mass is 32.2.